The molecule has 2 heterocycles. The third kappa shape index (κ3) is 3.44. The van der Waals surface area contributed by atoms with E-state index in [0.717, 1.165) is 31.7 Å². The van der Waals surface area contributed by atoms with Crippen molar-refractivity contribution in [1.82, 2.24) is 14.8 Å². The molecule has 3 aromatic rings. The molecule has 1 aliphatic carbocycles. The first-order chi connectivity index (χ1) is 14.7. The molecular formula is C26H25N3O. The quantitative estimate of drug-likeness (QED) is 0.644. The molecule has 5 rings (SSSR count). The minimum absolute atomic E-state index is 0.0779. The molecule has 0 N–H and O–H groups in total. The van der Waals surface area contributed by atoms with Gasteiger partial charge in [-0.3, -0.25) is 14.7 Å². The fourth-order valence-corrected chi connectivity index (χ4v) is 4.60. The van der Waals surface area contributed by atoms with E-state index in [2.05, 4.69) is 70.6 Å². The Morgan fingerprint density at radius 1 is 0.867 bits per heavy atom. The molecule has 0 radical (unpaired) electrons. The molecule has 30 heavy (non-hydrogen) atoms. The average molecular weight is 396 g/mol. The van der Waals surface area contributed by atoms with Crippen LogP contribution in [0.4, 0.5) is 0 Å². The average Bonchev–Trinajstić information content (AvgIpc) is 2.96. The molecule has 0 spiro atoms. The molecule has 150 valence electrons. The van der Waals surface area contributed by atoms with Crippen molar-refractivity contribution in [3.05, 3.63) is 100 Å². The standard InChI is InChI=1S/C26H25N3O/c1-19-16-22(18-27-17-19)26(30)29-14-12-28(13-15-29)25-23-8-4-2-6-20(23)10-11-21-7-3-5-9-24(21)25/h2-11,16-18,25H,12-15H2,1H3. The van der Waals surface area contributed by atoms with Gasteiger partial charge in [0.05, 0.1) is 11.6 Å². The summed E-state index contributed by atoms with van der Waals surface area (Å²) in [5.41, 5.74) is 6.89. The normalized spacial score (nSPS) is 16.6. The van der Waals surface area contributed by atoms with Gasteiger partial charge in [-0.05, 0) is 40.8 Å². The zero-order valence-electron chi connectivity index (χ0n) is 17.2. The fraction of sp³-hybridized carbons (Fsp3) is 0.231. The van der Waals surface area contributed by atoms with Crippen molar-refractivity contribution in [2.45, 2.75) is 13.0 Å². The van der Waals surface area contributed by atoms with E-state index >= 15 is 0 Å². The van der Waals surface area contributed by atoms with Crippen molar-refractivity contribution in [1.29, 1.82) is 0 Å². The summed E-state index contributed by atoms with van der Waals surface area (Å²) >= 11 is 0. The molecule has 1 fully saturated rings. The Balaban J connectivity index is 1.41. The Morgan fingerprint density at radius 2 is 1.47 bits per heavy atom. The van der Waals surface area contributed by atoms with Crippen LogP contribution in [0.2, 0.25) is 0 Å². The topological polar surface area (TPSA) is 36.4 Å². The SMILES string of the molecule is Cc1cncc(C(=O)N2CCN(C3c4ccccc4C=Cc4ccccc43)CC2)c1. The summed E-state index contributed by atoms with van der Waals surface area (Å²) < 4.78 is 0. The fourth-order valence-electron chi connectivity index (χ4n) is 4.60. The Kier molecular flexibility index (Phi) is 4.93. The van der Waals surface area contributed by atoms with Crippen LogP contribution in [0.15, 0.2) is 67.0 Å². The number of nitrogens with zero attached hydrogens (tertiary/aromatic N) is 3. The van der Waals surface area contributed by atoms with Crippen LogP contribution in [-0.4, -0.2) is 46.9 Å². The largest absolute Gasteiger partial charge is 0.336 e. The highest BCUT2D eigenvalue weighted by molar-refractivity contribution is 5.94. The first-order valence-electron chi connectivity index (χ1n) is 10.5. The molecule has 4 heteroatoms. The zero-order chi connectivity index (χ0) is 20.5. The minimum atomic E-state index is 0.0779. The molecule has 0 saturated carbocycles. The Hall–Kier alpha value is -3.24. The van der Waals surface area contributed by atoms with Crippen molar-refractivity contribution in [3.63, 3.8) is 0 Å². The van der Waals surface area contributed by atoms with Crippen LogP contribution < -0.4 is 0 Å². The Bertz CT molecular complexity index is 1060. The van der Waals surface area contributed by atoms with Gasteiger partial charge >= 0.3 is 0 Å². The van der Waals surface area contributed by atoms with Gasteiger partial charge in [0.2, 0.25) is 0 Å². The first kappa shape index (κ1) is 18.8. The van der Waals surface area contributed by atoms with Gasteiger partial charge in [0.25, 0.3) is 5.91 Å². The number of hydrogen-bond acceptors (Lipinski definition) is 3. The van der Waals surface area contributed by atoms with E-state index in [4.69, 9.17) is 0 Å². The number of carbonyl (C=O) groups is 1. The van der Waals surface area contributed by atoms with Crippen molar-refractivity contribution < 1.29 is 4.79 Å². The van der Waals surface area contributed by atoms with Crippen molar-refractivity contribution in [2.24, 2.45) is 0 Å². The monoisotopic (exact) mass is 395 g/mol. The predicted molar refractivity (Wildman–Crippen MR) is 120 cm³/mol. The van der Waals surface area contributed by atoms with Crippen LogP contribution >= 0.6 is 0 Å². The maximum absolute atomic E-state index is 12.9. The second-order valence-corrected chi connectivity index (χ2v) is 8.07. The van der Waals surface area contributed by atoms with Crippen LogP contribution in [-0.2, 0) is 0 Å². The van der Waals surface area contributed by atoms with Gasteiger partial charge in [-0.1, -0.05) is 60.7 Å². The third-order valence-corrected chi connectivity index (χ3v) is 6.11. The number of fused-ring (bicyclic) bond motifs is 2. The second-order valence-electron chi connectivity index (χ2n) is 8.07. The van der Waals surface area contributed by atoms with Gasteiger partial charge < -0.3 is 4.90 Å². The molecule has 0 unspecified atom stereocenters. The van der Waals surface area contributed by atoms with Gasteiger partial charge in [-0.2, -0.15) is 0 Å². The smallest absolute Gasteiger partial charge is 0.255 e. The summed E-state index contributed by atoms with van der Waals surface area (Å²) in [5, 5.41) is 0. The molecule has 2 aromatic carbocycles. The number of aromatic nitrogens is 1. The summed E-state index contributed by atoms with van der Waals surface area (Å²) in [7, 11) is 0. The van der Waals surface area contributed by atoms with Gasteiger partial charge in [-0.25, -0.2) is 0 Å². The lowest BCUT2D eigenvalue weighted by Crippen LogP contribution is -2.50. The predicted octanol–water partition coefficient (Wildman–Crippen LogP) is 4.42. The summed E-state index contributed by atoms with van der Waals surface area (Å²) in [6.07, 6.45) is 7.90. The number of pyridine rings is 1. The van der Waals surface area contributed by atoms with Crippen LogP contribution in [0.25, 0.3) is 12.2 Å². The molecule has 0 atom stereocenters. The maximum atomic E-state index is 12.9. The van der Waals surface area contributed by atoms with E-state index in [-0.39, 0.29) is 11.9 Å². The lowest BCUT2D eigenvalue weighted by molar-refractivity contribution is 0.0596. The zero-order valence-corrected chi connectivity index (χ0v) is 17.2. The van der Waals surface area contributed by atoms with Crippen LogP contribution in [0, 0.1) is 6.92 Å². The number of amides is 1. The van der Waals surface area contributed by atoms with E-state index < -0.39 is 0 Å². The minimum Gasteiger partial charge on any atom is -0.336 e. The maximum Gasteiger partial charge on any atom is 0.255 e. The van der Waals surface area contributed by atoms with Crippen molar-refractivity contribution in [3.8, 4) is 0 Å². The molecular weight excluding hydrogens is 370 g/mol. The summed E-state index contributed by atoms with van der Waals surface area (Å²) in [6.45, 7) is 5.11. The summed E-state index contributed by atoms with van der Waals surface area (Å²) in [5.74, 6) is 0.0779. The number of piperazine rings is 1. The van der Waals surface area contributed by atoms with Crippen LogP contribution in [0.3, 0.4) is 0 Å². The summed E-state index contributed by atoms with van der Waals surface area (Å²) in [6, 6.07) is 19.4. The van der Waals surface area contributed by atoms with E-state index in [1.807, 2.05) is 17.9 Å². The third-order valence-electron chi connectivity index (χ3n) is 6.11. The van der Waals surface area contributed by atoms with Crippen molar-refractivity contribution in [2.75, 3.05) is 26.2 Å². The van der Waals surface area contributed by atoms with E-state index in [9.17, 15) is 4.79 Å². The number of hydrogen-bond donors (Lipinski definition) is 0. The van der Waals surface area contributed by atoms with Gasteiger partial charge in [0.15, 0.2) is 0 Å². The van der Waals surface area contributed by atoms with Crippen molar-refractivity contribution >= 4 is 18.1 Å². The van der Waals surface area contributed by atoms with E-state index in [0.29, 0.717) is 5.56 Å². The van der Waals surface area contributed by atoms with E-state index in [1.165, 1.54) is 22.3 Å². The highest BCUT2D eigenvalue weighted by Crippen LogP contribution is 2.37. The highest BCUT2D eigenvalue weighted by Gasteiger charge is 2.31. The van der Waals surface area contributed by atoms with Crippen LogP contribution in [0.5, 0.6) is 0 Å². The summed E-state index contributed by atoms with van der Waals surface area (Å²) in [4.78, 5) is 21.6. The Morgan fingerprint density at radius 3 is 2.07 bits per heavy atom. The number of aryl methyl sites for hydroxylation is 1. The molecule has 4 nitrogen and oxygen atoms in total. The molecule has 1 aromatic heterocycles. The van der Waals surface area contributed by atoms with E-state index in [1.54, 1.807) is 12.4 Å². The molecule has 0 bridgehead atoms. The first-order valence-corrected chi connectivity index (χ1v) is 10.5. The molecule has 1 saturated heterocycles. The Labute approximate surface area is 177 Å². The van der Waals surface area contributed by atoms with Crippen LogP contribution in [0.1, 0.15) is 44.2 Å². The molecule has 1 aliphatic heterocycles. The van der Waals surface area contributed by atoms with Gasteiger partial charge in [-0.15, -0.1) is 0 Å². The lowest BCUT2D eigenvalue weighted by Gasteiger charge is -2.40. The molecule has 1 amide bonds. The van der Waals surface area contributed by atoms with Gasteiger partial charge in [0, 0.05) is 38.6 Å². The molecule has 2 aliphatic rings. The van der Waals surface area contributed by atoms with Gasteiger partial charge in [0.1, 0.15) is 0 Å². The highest BCUT2D eigenvalue weighted by atomic mass is 16.2. The second kappa shape index (κ2) is 7.88. The number of rotatable bonds is 2. The lowest BCUT2D eigenvalue weighted by atomic mass is 9.92. The number of carbonyl (C=O) groups excluding carboxylic acids is 1. The number of benzene rings is 2.